The molecule has 3 saturated heterocycles. The van der Waals surface area contributed by atoms with Crippen LogP contribution >= 0.6 is 0 Å². The smallest absolute Gasteiger partial charge is 0.0120 e. The van der Waals surface area contributed by atoms with Gasteiger partial charge in [0.1, 0.15) is 0 Å². The van der Waals surface area contributed by atoms with E-state index in [0.29, 0.717) is 5.41 Å². The minimum atomic E-state index is 0.684. The summed E-state index contributed by atoms with van der Waals surface area (Å²) in [6.45, 7) is 7.86. The number of hydrogen-bond donors (Lipinski definition) is 1. The van der Waals surface area contributed by atoms with E-state index < -0.39 is 0 Å². The van der Waals surface area contributed by atoms with Crippen molar-refractivity contribution in [1.82, 2.24) is 15.1 Å². The highest BCUT2D eigenvalue weighted by atomic mass is 15.3. The lowest BCUT2D eigenvalue weighted by Gasteiger charge is -2.53. The van der Waals surface area contributed by atoms with Gasteiger partial charge in [0.05, 0.1) is 0 Å². The van der Waals surface area contributed by atoms with Crippen molar-refractivity contribution in [3.05, 3.63) is 0 Å². The van der Waals surface area contributed by atoms with Gasteiger partial charge in [0.2, 0.25) is 0 Å². The van der Waals surface area contributed by atoms with Gasteiger partial charge in [0, 0.05) is 31.1 Å². The maximum Gasteiger partial charge on any atom is 0.0120 e. The zero-order valence-electron chi connectivity index (χ0n) is 9.84. The molecule has 0 aromatic heterocycles. The first-order valence-electron chi connectivity index (χ1n) is 6.41. The SMILES string of the molecule is CN1CCC(N2CC3(CCNC3)C2)CC1. The molecule has 3 aliphatic heterocycles. The number of rotatable bonds is 1. The van der Waals surface area contributed by atoms with Gasteiger partial charge in [-0.25, -0.2) is 0 Å². The lowest BCUT2D eigenvalue weighted by atomic mass is 9.77. The van der Waals surface area contributed by atoms with Crippen LogP contribution in [-0.2, 0) is 0 Å². The molecule has 15 heavy (non-hydrogen) atoms. The van der Waals surface area contributed by atoms with Crippen LogP contribution < -0.4 is 5.32 Å². The fraction of sp³-hybridized carbons (Fsp3) is 1.00. The van der Waals surface area contributed by atoms with Crippen LogP contribution in [0.5, 0.6) is 0 Å². The minimum Gasteiger partial charge on any atom is -0.316 e. The van der Waals surface area contributed by atoms with Crippen LogP contribution in [0.4, 0.5) is 0 Å². The Morgan fingerprint density at radius 1 is 1.20 bits per heavy atom. The van der Waals surface area contributed by atoms with Gasteiger partial charge >= 0.3 is 0 Å². The fourth-order valence-corrected chi connectivity index (χ4v) is 3.50. The Labute approximate surface area is 92.8 Å². The number of nitrogens with one attached hydrogen (secondary N) is 1. The number of piperidine rings is 1. The van der Waals surface area contributed by atoms with E-state index in [1.807, 2.05) is 0 Å². The van der Waals surface area contributed by atoms with Crippen molar-refractivity contribution in [1.29, 1.82) is 0 Å². The Bertz CT molecular complexity index is 219. The van der Waals surface area contributed by atoms with E-state index in [9.17, 15) is 0 Å². The molecular weight excluding hydrogens is 186 g/mol. The second-order valence-electron chi connectivity index (χ2n) is 5.87. The van der Waals surface area contributed by atoms with E-state index in [2.05, 4.69) is 22.2 Å². The average molecular weight is 209 g/mol. The van der Waals surface area contributed by atoms with Crippen LogP contribution in [0, 0.1) is 5.41 Å². The summed E-state index contributed by atoms with van der Waals surface area (Å²) in [5.74, 6) is 0. The van der Waals surface area contributed by atoms with Crippen LogP contribution in [0.25, 0.3) is 0 Å². The Morgan fingerprint density at radius 2 is 1.93 bits per heavy atom. The molecule has 3 aliphatic rings. The summed E-state index contributed by atoms with van der Waals surface area (Å²) in [5, 5.41) is 3.51. The molecule has 0 aromatic carbocycles. The standard InChI is InChI=1S/C12H23N3/c1-14-6-2-11(3-7-14)15-9-12(10-15)4-5-13-8-12/h11,13H,2-10H2,1H3. The molecule has 1 spiro atoms. The first kappa shape index (κ1) is 10.1. The second-order valence-corrected chi connectivity index (χ2v) is 5.87. The molecule has 86 valence electrons. The van der Waals surface area contributed by atoms with Crippen molar-refractivity contribution in [2.45, 2.75) is 25.3 Å². The minimum absolute atomic E-state index is 0.684. The van der Waals surface area contributed by atoms with Crippen molar-refractivity contribution in [3.8, 4) is 0 Å². The van der Waals surface area contributed by atoms with E-state index in [-0.39, 0.29) is 0 Å². The van der Waals surface area contributed by atoms with Crippen LogP contribution in [-0.4, -0.2) is 62.2 Å². The molecule has 0 saturated carbocycles. The molecule has 0 unspecified atom stereocenters. The molecule has 3 nitrogen and oxygen atoms in total. The normalized spacial score (nSPS) is 33.4. The Hall–Kier alpha value is -0.120. The molecule has 0 radical (unpaired) electrons. The van der Waals surface area contributed by atoms with Crippen molar-refractivity contribution in [2.24, 2.45) is 5.41 Å². The van der Waals surface area contributed by atoms with E-state index in [1.54, 1.807) is 0 Å². The van der Waals surface area contributed by atoms with Gasteiger partial charge in [-0.2, -0.15) is 0 Å². The zero-order chi connectivity index (χ0) is 10.3. The summed E-state index contributed by atoms with van der Waals surface area (Å²) in [6.07, 6.45) is 4.19. The Balaban J connectivity index is 1.50. The molecule has 3 heterocycles. The lowest BCUT2D eigenvalue weighted by Crippen LogP contribution is -2.62. The maximum atomic E-state index is 3.51. The molecule has 3 heteroatoms. The topological polar surface area (TPSA) is 18.5 Å². The van der Waals surface area contributed by atoms with Gasteiger partial charge in [-0.15, -0.1) is 0 Å². The molecule has 0 atom stereocenters. The van der Waals surface area contributed by atoms with Gasteiger partial charge in [0.15, 0.2) is 0 Å². The van der Waals surface area contributed by atoms with Crippen LogP contribution in [0.15, 0.2) is 0 Å². The number of likely N-dealkylation sites (tertiary alicyclic amines) is 2. The summed E-state index contributed by atoms with van der Waals surface area (Å²) in [6, 6.07) is 0.896. The maximum absolute atomic E-state index is 3.51. The molecule has 0 bridgehead atoms. The fourth-order valence-electron chi connectivity index (χ4n) is 3.50. The third kappa shape index (κ3) is 1.81. The Morgan fingerprint density at radius 3 is 2.53 bits per heavy atom. The van der Waals surface area contributed by atoms with Crippen LogP contribution in [0.2, 0.25) is 0 Å². The molecule has 3 rings (SSSR count). The zero-order valence-corrected chi connectivity index (χ0v) is 9.84. The first-order valence-corrected chi connectivity index (χ1v) is 6.41. The molecule has 1 N–H and O–H groups in total. The molecular formula is C12H23N3. The van der Waals surface area contributed by atoms with E-state index in [1.165, 1.54) is 58.5 Å². The van der Waals surface area contributed by atoms with E-state index in [0.717, 1.165) is 6.04 Å². The molecule has 0 aromatic rings. The quantitative estimate of drug-likeness (QED) is 0.673. The van der Waals surface area contributed by atoms with Gasteiger partial charge in [-0.3, -0.25) is 4.90 Å². The molecule has 3 fully saturated rings. The number of hydrogen-bond acceptors (Lipinski definition) is 3. The van der Waals surface area contributed by atoms with Crippen LogP contribution in [0.1, 0.15) is 19.3 Å². The predicted molar refractivity (Wildman–Crippen MR) is 62.0 cm³/mol. The average Bonchev–Trinajstić information content (AvgIpc) is 2.66. The van der Waals surface area contributed by atoms with Crippen molar-refractivity contribution < 1.29 is 0 Å². The monoisotopic (exact) mass is 209 g/mol. The third-order valence-electron chi connectivity index (χ3n) is 4.61. The first-order chi connectivity index (χ1) is 7.27. The van der Waals surface area contributed by atoms with Crippen molar-refractivity contribution in [3.63, 3.8) is 0 Å². The molecule has 0 amide bonds. The summed E-state index contributed by atoms with van der Waals surface area (Å²) in [7, 11) is 2.24. The summed E-state index contributed by atoms with van der Waals surface area (Å²) in [4.78, 5) is 5.20. The van der Waals surface area contributed by atoms with E-state index in [4.69, 9.17) is 0 Å². The summed E-state index contributed by atoms with van der Waals surface area (Å²) < 4.78 is 0. The largest absolute Gasteiger partial charge is 0.316 e. The van der Waals surface area contributed by atoms with Gasteiger partial charge in [0.25, 0.3) is 0 Å². The highest BCUT2D eigenvalue weighted by molar-refractivity contribution is 5.02. The highest BCUT2D eigenvalue weighted by Crippen LogP contribution is 2.38. The van der Waals surface area contributed by atoms with Gasteiger partial charge in [-0.1, -0.05) is 0 Å². The van der Waals surface area contributed by atoms with Crippen LogP contribution in [0.3, 0.4) is 0 Å². The molecule has 0 aliphatic carbocycles. The second kappa shape index (κ2) is 3.72. The predicted octanol–water partition coefficient (Wildman–Crippen LogP) is 0.376. The van der Waals surface area contributed by atoms with E-state index >= 15 is 0 Å². The lowest BCUT2D eigenvalue weighted by molar-refractivity contribution is -0.0344. The number of nitrogens with zero attached hydrogens (tertiary/aromatic N) is 2. The van der Waals surface area contributed by atoms with Crippen molar-refractivity contribution in [2.75, 3.05) is 46.3 Å². The summed E-state index contributed by atoms with van der Waals surface area (Å²) in [5.41, 5.74) is 0.684. The third-order valence-corrected chi connectivity index (χ3v) is 4.61. The van der Waals surface area contributed by atoms with Crippen molar-refractivity contribution >= 4 is 0 Å². The highest BCUT2D eigenvalue weighted by Gasteiger charge is 2.46. The summed E-state index contributed by atoms with van der Waals surface area (Å²) >= 11 is 0. The van der Waals surface area contributed by atoms with Gasteiger partial charge < -0.3 is 10.2 Å². The Kier molecular flexibility index (Phi) is 2.49. The van der Waals surface area contributed by atoms with Gasteiger partial charge in [-0.05, 0) is 45.9 Å².